The number of anilines is 1. The molecule has 1 unspecified atom stereocenters. The van der Waals surface area contributed by atoms with Crippen LogP contribution < -0.4 is 10.6 Å². The molecule has 120 valence electrons. The third kappa shape index (κ3) is 2.88. The topological polar surface area (TPSA) is 69.8 Å². The second-order valence-corrected chi connectivity index (χ2v) is 5.95. The normalized spacial score (nSPS) is 15.8. The maximum absolute atomic E-state index is 12.3. The van der Waals surface area contributed by atoms with Crippen LogP contribution in [0, 0.1) is 0 Å². The maximum atomic E-state index is 12.3. The fourth-order valence-electron chi connectivity index (χ4n) is 3.19. The van der Waals surface area contributed by atoms with Crippen molar-refractivity contribution in [3.63, 3.8) is 0 Å². The van der Waals surface area contributed by atoms with Crippen LogP contribution in [-0.4, -0.2) is 16.2 Å². The largest absolute Gasteiger partial charge is 0.331 e. The van der Waals surface area contributed by atoms with E-state index in [1.165, 1.54) is 11.1 Å². The van der Waals surface area contributed by atoms with E-state index in [0.717, 1.165) is 29.7 Å². The molecule has 0 saturated carbocycles. The lowest BCUT2D eigenvalue weighted by Crippen LogP contribution is -2.31. The van der Waals surface area contributed by atoms with Gasteiger partial charge in [0.2, 0.25) is 0 Å². The minimum absolute atomic E-state index is 0.0893. The van der Waals surface area contributed by atoms with Crippen LogP contribution >= 0.6 is 0 Å². The van der Waals surface area contributed by atoms with Crippen LogP contribution in [0.3, 0.4) is 0 Å². The molecule has 2 amide bonds. The molecule has 3 N–H and O–H groups in total. The SMILES string of the molecule is O=C(Nc1ccc(-c2cn[nH]c2)cc1)NC1CCc2ccccc21. The van der Waals surface area contributed by atoms with Crippen LogP contribution in [0.2, 0.25) is 0 Å². The van der Waals surface area contributed by atoms with Crippen molar-refractivity contribution in [3.8, 4) is 11.1 Å². The van der Waals surface area contributed by atoms with Crippen molar-refractivity contribution in [2.75, 3.05) is 5.32 Å². The Morgan fingerprint density at radius 2 is 1.92 bits per heavy atom. The number of nitrogens with zero attached hydrogens (tertiary/aromatic N) is 1. The molecule has 0 aliphatic heterocycles. The standard InChI is InChI=1S/C19H18N4O/c24-19(23-18-10-7-14-3-1-2-4-17(14)18)22-16-8-5-13(6-9-16)15-11-20-21-12-15/h1-6,8-9,11-12,18H,7,10H2,(H,20,21)(H2,22,23,24). The fraction of sp³-hybridized carbons (Fsp3) is 0.158. The molecular weight excluding hydrogens is 300 g/mol. The number of nitrogens with one attached hydrogen (secondary N) is 3. The molecule has 5 heteroatoms. The Labute approximate surface area is 140 Å². The Kier molecular flexibility index (Phi) is 3.75. The summed E-state index contributed by atoms with van der Waals surface area (Å²) in [6.45, 7) is 0. The molecule has 4 rings (SSSR count). The zero-order valence-electron chi connectivity index (χ0n) is 13.1. The van der Waals surface area contributed by atoms with Crippen LogP contribution in [0.5, 0.6) is 0 Å². The first kappa shape index (κ1) is 14.5. The zero-order chi connectivity index (χ0) is 16.4. The van der Waals surface area contributed by atoms with Crippen molar-refractivity contribution in [3.05, 3.63) is 72.1 Å². The molecule has 1 heterocycles. The van der Waals surface area contributed by atoms with E-state index in [0.29, 0.717) is 0 Å². The molecule has 0 saturated heterocycles. The van der Waals surface area contributed by atoms with Crippen molar-refractivity contribution < 1.29 is 4.79 Å². The number of aromatic amines is 1. The highest BCUT2D eigenvalue weighted by Gasteiger charge is 2.23. The van der Waals surface area contributed by atoms with Gasteiger partial charge in [0.1, 0.15) is 0 Å². The lowest BCUT2D eigenvalue weighted by molar-refractivity contribution is 0.248. The van der Waals surface area contributed by atoms with Gasteiger partial charge in [0.05, 0.1) is 12.2 Å². The van der Waals surface area contributed by atoms with Gasteiger partial charge in [-0.05, 0) is 41.7 Å². The number of benzene rings is 2. The molecule has 2 aromatic carbocycles. The molecule has 1 atom stereocenters. The van der Waals surface area contributed by atoms with Gasteiger partial charge in [-0.3, -0.25) is 5.10 Å². The van der Waals surface area contributed by atoms with E-state index in [4.69, 9.17) is 0 Å². The summed E-state index contributed by atoms with van der Waals surface area (Å²) in [5.74, 6) is 0. The number of amides is 2. The number of hydrogen-bond donors (Lipinski definition) is 3. The molecular formula is C19H18N4O. The zero-order valence-corrected chi connectivity index (χ0v) is 13.1. The first-order chi connectivity index (χ1) is 11.8. The highest BCUT2D eigenvalue weighted by Crippen LogP contribution is 2.30. The van der Waals surface area contributed by atoms with Crippen LogP contribution in [0.15, 0.2) is 60.9 Å². The summed E-state index contributed by atoms with van der Waals surface area (Å²) in [6, 6.07) is 15.9. The molecule has 0 bridgehead atoms. The molecule has 0 fully saturated rings. The maximum Gasteiger partial charge on any atom is 0.319 e. The van der Waals surface area contributed by atoms with E-state index in [1.807, 2.05) is 42.6 Å². The first-order valence-electron chi connectivity index (χ1n) is 8.04. The summed E-state index contributed by atoms with van der Waals surface area (Å²) in [7, 11) is 0. The lowest BCUT2D eigenvalue weighted by Gasteiger charge is -2.15. The lowest BCUT2D eigenvalue weighted by atomic mass is 10.1. The molecule has 24 heavy (non-hydrogen) atoms. The number of rotatable bonds is 3. The van der Waals surface area contributed by atoms with Crippen molar-refractivity contribution >= 4 is 11.7 Å². The molecule has 1 aliphatic rings. The molecule has 1 aliphatic carbocycles. The summed E-state index contributed by atoms with van der Waals surface area (Å²) < 4.78 is 0. The van der Waals surface area contributed by atoms with E-state index in [1.54, 1.807) is 6.20 Å². The minimum Gasteiger partial charge on any atom is -0.331 e. The van der Waals surface area contributed by atoms with E-state index in [-0.39, 0.29) is 12.1 Å². The van der Waals surface area contributed by atoms with E-state index < -0.39 is 0 Å². The van der Waals surface area contributed by atoms with Gasteiger partial charge >= 0.3 is 6.03 Å². The van der Waals surface area contributed by atoms with Crippen molar-refractivity contribution in [1.29, 1.82) is 0 Å². The van der Waals surface area contributed by atoms with Crippen molar-refractivity contribution in [2.24, 2.45) is 0 Å². The van der Waals surface area contributed by atoms with Crippen molar-refractivity contribution in [2.45, 2.75) is 18.9 Å². The molecule has 3 aromatic rings. The average Bonchev–Trinajstić information content (AvgIpc) is 3.26. The highest BCUT2D eigenvalue weighted by atomic mass is 16.2. The van der Waals surface area contributed by atoms with E-state index >= 15 is 0 Å². The predicted molar refractivity (Wildman–Crippen MR) is 93.7 cm³/mol. The summed E-state index contributed by atoms with van der Waals surface area (Å²) in [4.78, 5) is 12.3. The monoisotopic (exact) mass is 318 g/mol. The van der Waals surface area contributed by atoms with E-state index in [2.05, 4.69) is 33.0 Å². The second kappa shape index (κ2) is 6.20. The van der Waals surface area contributed by atoms with Gasteiger partial charge in [-0.15, -0.1) is 0 Å². The van der Waals surface area contributed by atoms with Crippen molar-refractivity contribution in [1.82, 2.24) is 15.5 Å². The van der Waals surface area contributed by atoms with E-state index in [9.17, 15) is 4.79 Å². The minimum atomic E-state index is -0.173. The third-order valence-corrected chi connectivity index (χ3v) is 4.41. The molecule has 1 aromatic heterocycles. The van der Waals surface area contributed by atoms with Gasteiger partial charge in [0, 0.05) is 17.4 Å². The predicted octanol–water partition coefficient (Wildman–Crippen LogP) is 3.89. The van der Waals surface area contributed by atoms with Gasteiger partial charge in [-0.2, -0.15) is 5.10 Å². The van der Waals surface area contributed by atoms with Crippen LogP contribution in [-0.2, 0) is 6.42 Å². The number of carbonyl (C=O) groups excluding carboxylic acids is 1. The summed E-state index contributed by atoms with van der Waals surface area (Å²) >= 11 is 0. The summed E-state index contributed by atoms with van der Waals surface area (Å²) in [5, 5.41) is 12.7. The van der Waals surface area contributed by atoms with Gasteiger partial charge in [0.15, 0.2) is 0 Å². The van der Waals surface area contributed by atoms with Gasteiger partial charge in [-0.25, -0.2) is 4.79 Å². The van der Waals surface area contributed by atoms with Crippen LogP contribution in [0.1, 0.15) is 23.6 Å². The number of urea groups is 1. The molecule has 0 radical (unpaired) electrons. The second-order valence-electron chi connectivity index (χ2n) is 5.95. The average molecular weight is 318 g/mol. The van der Waals surface area contributed by atoms with Gasteiger partial charge in [0.25, 0.3) is 0 Å². The van der Waals surface area contributed by atoms with Gasteiger partial charge < -0.3 is 10.6 Å². The number of H-pyrrole nitrogens is 1. The summed E-state index contributed by atoms with van der Waals surface area (Å²) in [6.07, 6.45) is 5.58. The molecule has 5 nitrogen and oxygen atoms in total. The Bertz CT molecular complexity index is 840. The quantitative estimate of drug-likeness (QED) is 0.686. The Morgan fingerprint density at radius 1 is 1.08 bits per heavy atom. The Morgan fingerprint density at radius 3 is 2.71 bits per heavy atom. The number of carbonyl (C=O) groups is 1. The first-order valence-corrected chi connectivity index (χ1v) is 8.04. The number of aryl methyl sites for hydroxylation is 1. The number of hydrogen-bond acceptors (Lipinski definition) is 2. The third-order valence-electron chi connectivity index (χ3n) is 4.41. The molecule has 0 spiro atoms. The number of fused-ring (bicyclic) bond motifs is 1. The summed E-state index contributed by atoms with van der Waals surface area (Å²) in [5.41, 5.74) is 5.40. The van der Waals surface area contributed by atoms with Gasteiger partial charge in [-0.1, -0.05) is 36.4 Å². The number of aromatic nitrogens is 2. The highest BCUT2D eigenvalue weighted by molar-refractivity contribution is 5.90. The Balaban J connectivity index is 1.40. The van der Waals surface area contributed by atoms with Crippen LogP contribution in [0.4, 0.5) is 10.5 Å². The Hall–Kier alpha value is -3.08. The smallest absolute Gasteiger partial charge is 0.319 e. The fourth-order valence-corrected chi connectivity index (χ4v) is 3.19. The van der Waals surface area contributed by atoms with Crippen LogP contribution in [0.25, 0.3) is 11.1 Å².